The van der Waals surface area contributed by atoms with Crippen molar-refractivity contribution in [1.29, 1.82) is 0 Å². The highest BCUT2D eigenvalue weighted by molar-refractivity contribution is 5.91. The SMILES string of the molecule is CNC(=O)c1ccc(CN2CCC3(CC2)CNC(C(=O)O)C3)o1. The summed E-state index contributed by atoms with van der Waals surface area (Å²) in [5.41, 5.74) is 0.121. The van der Waals surface area contributed by atoms with Crippen LogP contribution in [0.15, 0.2) is 16.5 Å². The number of hydrogen-bond acceptors (Lipinski definition) is 5. The van der Waals surface area contributed by atoms with Crippen molar-refractivity contribution < 1.29 is 19.1 Å². The van der Waals surface area contributed by atoms with E-state index in [1.807, 2.05) is 6.07 Å². The van der Waals surface area contributed by atoms with E-state index in [1.165, 1.54) is 0 Å². The number of piperidine rings is 1. The lowest BCUT2D eigenvalue weighted by molar-refractivity contribution is -0.139. The maximum absolute atomic E-state index is 11.5. The minimum atomic E-state index is -0.748. The summed E-state index contributed by atoms with van der Waals surface area (Å²) in [6.45, 7) is 3.32. The molecule has 3 N–H and O–H groups in total. The van der Waals surface area contributed by atoms with E-state index in [0.29, 0.717) is 12.3 Å². The Hall–Kier alpha value is -1.86. The second kappa shape index (κ2) is 6.33. The van der Waals surface area contributed by atoms with Crippen LogP contribution in [-0.4, -0.2) is 54.6 Å². The van der Waals surface area contributed by atoms with Gasteiger partial charge in [0.15, 0.2) is 5.76 Å². The molecule has 2 saturated heterocycles. The molecule has 1 atom stereocenters. The van der Waals surface area contributed by atoms with Crippen molar-refractivity contribution in [3.8, 4) is 0 Å². The van der Waals surface area contributed by atoms with E-state index in [2.05, 4.69) is 15.5 Å². The smallest absolute Gasteiger partial charge is 0.320 e. The fourth-order valence-electron chi connectivity index (χ4n) is 3.59. The number of nitrogens with zero attached hydrogens (tertiary/aromatic N) is 1. The number of likely N-dealkylation sites (tertiary alicyclic amines) is 1. The molecule has 7 nitrogen and oxygen atoms in total. The van der Waals surface area contributed by atoms with E-state index in [9.17, 15) is 9.59 Å². The summed E-state index contributed by atoms with van der Waals surface area (Å²) in [6.07, 6.45) is 2.71. The fraction of sp³-hybridized carbons (Fsp3) is 0.625. The highest BCUT2D eigenvalue weighted by Gasteiger charge is 2.43. The topological polar surface area (TPSA) is 94.8 Å². The maximum atomic E-state index is 11.5. The van der Waals surface area contributed by atoms with Crippen molar-refractivity contribution in [1.82, 2.24) is 15.5 Å². The van der Waals surface area contributed by atoms with Crippen molar-refractivity contribution in [3.63, 3.8) is 0 Å². The molecule has 0 aliphatic carbocycles. The molecule has 0 aromatic carbocycles. The Morgan fingerprint density at radius 1 is 1.43 bits per heavy atom. The van der Waals surface area contributed by atoms with E-state index < -0.39 is 12.0 Å². The first kappa shape index (κ1) is 16.0. The molecule has 7 heteroatoms. The third kappa shape index (κ3) is 3.40. The summed E-state index contributed by atoms with van der Waals surface area (Å²) in [6, 6.07) is 3.13. The molecular weight excluding hydrogens is 298 g/mol. The Balaban J connectivity index is 1.53. The van der Waals surface area contributed by atoms with E-state index >= 15 is 0 Å². The van der Waals surface area contributed by atoms with Gasteiger partial charge < -0.3 is 20.2 Å². The van der Waals surface area contributed by atoms with Crippen LogP contribution in [0.3, 0.4) is 0 Å². The summed E-state index contributed by atoms with van der Waals surface area (Å²) in [4.78, 5) is 24.9. The van der Waals surface area contributed by atoms with Crippen LogP contribution in [-0.2, 0) is 11.3 Å². The monoisotopic (exact) mass is 321 g/mol. The van der Waals surface area contributed by atoms with E-state index in [-0.39, 0.29) is 11.3 Å². The van der Waals surface area contributed by atoms with Crippen LogP contribution in [0.5, 0.6) is 0 Å². The average Bonchev–Trinajstić information content (AvgIpc) is 3.17. The van der Waals surface area contributed by atoms with Gasteiger partial charge in [-0.25, -0.2) is 0 Å². The summed E-state index contributed by atoms with van der Waals surface area (Å²) in [7, 11) is 1.58. The number of nitrogens with one attached hydrogen (secondary N) is 2. The number of carboxylic acid groups (broad SMARTS) is 1. The Kier molecular flexibility index (Phi) is 4.41. The van der Waals surface area contributed by atoms with Crippen LogP contribution < -0.4 is 10.6 Å². The molecule has 2 aliphatic rings. The minimum absolute atomic E-state index is 0.121. The van der Waals surface area contributed by atoms with E-state index in [1.54, 1.807) is 13.1 Å². The summed E-state index contributed by atoms with van der Waals surface area (Å²) in [5, 5.41) is 14.8. The fourth-order valence-corrected chi connectivity index (χ4v) is 3.59. The van der Waals surface area contributed by atoms with Gasteiger partial charge in [-0.05, 0) is 49.9 Å². The van der Waals surface area contributed by atoms with Crippen LogP contribution in [0.1, 0.15) is 35.6 Å². The first-order chi connectivity index (χ1) is 11.0. The van der Waals surface area contributed by atoms with Gasteiger partial charge >= 0.3 is 5.97 Å². The quantitative estimate of drug-likeness (QED) is 0.754. The molecular formula is C16H23N3O4. The van der Waals surface area contributed by atoms with Crippen LogP contribution >= 0.6 is 0 Å². The Morgan fingerprint density at radius 2 is 2.17 bits per heavy atom. The number of rotatable bonds is 4. The van der Waals surface area contributed by atoms with Crippen LogP contribution in [0.4, 0.5) is 0 Å². The highest BCUT2D eigenvalue weighted by atomic mass is 16.4. The predicted octanol–water partition coefficient (Wildman–Crippen LogP) is 0.668. The van der Waals surface area contributed by atoms with Crippen LogP contribution in [0, 0.1) is 5.41 Å². The molecule has 23 heavy (non-hydrogen) atoms. The molecule has 1 amide bonds. The Labute approximate surface area is 135 Å². The standard InChI is InChI=1S/C16H23N3O4/c1-17-14(20)13-3-2-11(23-13)9-19-6-4-16(5-7-19)8-12(15(21)22)18-10-16/h2-3,12,18H,4-10H2,1H3,(H,17,20)(H,21,22). The Bertz CT molecular complexity index is 590. The average molecular weight is 321 g/mol. The lowest BCUT2D eigenvalue weighted by Gasteiger charge is -2.38. The first-order valence-corrected chi connectivity index (χ1v) is 8.01. The normalized spacial score (nSPS) is 24.0. The van der Waals surface area contributed by atoms with Gasteiger partial charge in [-0.15, -0.1) is 0 Å². The van der Waals surface area contributed by atoms with Crippen LogP contribution in [0.25, 0.3) is 0 Å². The number of aliphatic carboxylic acids is 1. The molecule has 2 aliphatic heterocycles. The van der Waals surface area contributed by atoms with Crippen molar-refractivity contribution in [3.05, 3.63) is 23.7 Å². The number of amides is 1. The van der Waals surface area contributed by atoms with E-state index in [0.717, 1.165) is 44.7 Å². The van der Waals surface area contributed by atoms with Crippen molar-refractivity contribution in [2.75, 3.05) is 26.7 Å². The summed E-state index contributed by atoms with van der Waals surface area (Å²) < 4.78 is 5.56. The minimum Gasteiger partial charge on any atom is -0.480 e. The van der Waals surface area contributed by atoms with Crippen LogP contribution in [0.2, 0.25) is 0 Å². The van der Waals surface area contributed by atoms with Gasteiger partial charge in [0.2, 0.25) is 0 Å². The Morgan fingerprint density at radius 3 is 2.78 bits per heavy atom. The highest BCUT2D eigenvalue weighted by Crippen LogP contribution is 2.39. The van der Waals surface area contributed by atoms with Crippen molar-refractivity contribution >= 4 is 11.9 Å². The van der Waals surface area contributed by atoms with Gasteiger partial charge in [0.05, 0.1) is 6.54 Å². The third-order valence-corrected chi connectivity index (χ3v) is 5.07. The number of hydrogen-bond donors (Lipinski definition) is 3. The number of carboxylic acids is 1. The second-order valence-electron chi connectivity index (χ2n) is 6.60. The zero-order chi connectivity index (χ0) is 16.4. The molecule has 2 fully saturated rings. The lowest BCUT2D eigenvalue weighted by Crippen LogP contribution is -2.40. The van der Waals surface area contributed by atoms with Gasteiger partial charge in [-0.1, -0.05) is 0 Å². The van der Waals surface area contributed by atoms with Gasteiger partial charge in [-0.2, -0.15) is 0 Å². The molecule has 1 aromatic heterocycles. The first-order valence-electron chi connectivity index (χ1n) is 8.01. The summed E-state index contributed by atoms with van der Waals surface area (Å²) >= 11 is 0. The van der Waals surface area contributed by atoms with Gasteiger partial charge in [0.25, 0.3) is 5.91 Å². The molecule has 0 saturated carbocycles. The molecule has 0 radical (unpaired) electrons. The lowest BCUT2D eigenvalue weighted by atomic mass is 9.76. The predicted molar refractivity (Wildman–Crippen MR) is 83.1 cm³/mol. The van der Waals surface area contributed by atoms with Gasteiger partial charge in [0, 0.05) is 13.6 Å². The van der Waals surface area contributed by atoms with Crippen molar-refractivity contribution in [2.45, 2.75) is 31.8 Å². The molecule has 0 bridgehead atoms. The van der Waals surface area contributed by atoms with Gasteiger partial charge in [-0.3, -0.25) is 14.5 Å². The molecule has 1 spiro atoms. The largest absolute Gasteiger partial charge is 0.480 e. The number of carbonyl (C=O) groups is 2. The van der Waals surface area contributed by atoms with E-state index in [4.69, 9.17) is 9.52 Å². The molecule has 1 aromatic rings. The number of furan rings is 1. The molecule has 1 unspecified atom stereocenters. The van der Waals surface area contributed by atoms with Crippen molar-refractivity contribution in [2.24, 2.45) is 5.41 Å². The van der Waals surface area contributed by atoms with Gasteiger partial charge in [0.1, 0.15) is 11.8 Å². The second-order valence-corrected chi connectivity index (χ2v) is 6.60. The maximum Gasteiger partial charge on any atom is 0.320 e. The molecule has 126 valence electrons. The summed E-state index contributed by atoms with van der Waals surface area (Å²) in [5.74, 6) is 0.153. The molecule has 3 heterocycles. The zero-order valence-electron chi connectivity index (χ0n) is 13.3. The number of carbonyl (C=O) groups excluding carboxylic acids is 1. The third-order valence-electron chi connectivity index (χ3n) is 5.07. The zero-order valence-corrected chi connectivity index (χ0v) is 13.3. The molecule has 3 rings (SSSR count).